The van der Waals surface area contributed by atoms with Gasteiger partial charge in [0, 0.05) is 5.56 Å². The second-order valence-corrected chi connectivity index (χ2v) is 10.2. The monoisotopic (exact) mass is 465 g/mol. The van der Waals surface area contributed by atoms with Gasteiger partial charge >= 0.3 is 0 Å². The van der Waals surface area contributed by atoms with Crippen LogP contribution in [-0.4, -0.2) is 38.3 Å². The van der Waals surface area contributed by atoms with Gasteiger partial charge in [-0.25, -0.2) is 8.42 Å². The van der Waals surface area contributed by atoms with Gasteiger partial charge in [-0.3, -0.25) is 0 Å². The van der Waals surface area contributed by atoms with E-state index in [1.165, 1.54) is 31.2 Å². The molecule has 0 spiro atoms. The number of quaternary nitrogens is 1. The molecule has 0 saturated carbocycles. The van der Waals surface area contributed by atoms with E-state index in [1.807, 2.05) is 38.1 Å². The summed E-state index contributed by atoms with van der Waals surface area (Å²) < 4.78 is 27.3. The Morgan fingerprint density at radius 1 is 0.821 bits per heavy atom. The molecule has 5 heteroatoms. The first-order chi connectivity index (χ1) is 12.9. The van der Waals surface area contributed by atoms with Crippen molar-refractivity contribution in [1.29, 1.82) is 0 Å². The van der Waals surface area contributed by atoms with Crippen LogP contribution in [0.2, 0.25) is 0 Å². The Balaban J connectivity index is 0.00000280. The normalized spacial score (nSPS) is 16.8. The fourth-order valence-corrected chi connectivity index (χ4v) is 6.45. The molecule has 3 nitrogen and oxygen atoms in total. The summed E-state index contributed by atoms with van der Waals surface area (Å²) in [4.78, 5) is 0.540. The third kappa shape index (κ3) is 5.68. The molecule has 1 aliphatic heterocycles. The van der Waals surface area contributed by atoms with Gasteiger partial charge < -0.3 is 21.5 Å². The number of likely N-dealkylation sites (tertiary alicyclic amines) is 1. The summed E-state index contributed by atoms with van der Waals surface area (Å²) in [5, 5.41) is 0. The number of hydrogen-bond donors (Lipinski definition) is 0. The molecule has 0 bridgehead atoms. The maximum absolute atomic E-state index is 13.2. The van der Waals surface area contributed by atoms with E-state index in [-0.39, 0.29) is 22.7 Å². The van der Waals surface area contributed by atoms with Crippen LogP contribution in [0, 0.1) is 13.8 Å². The summed E-state index contributed by atoms with van der Waals surface area (Å²) in [5.41, 5.74) is 3.03. The van der Waals surface area contributed by atoms with Crippen molar-refractivity contribution in [1.82, 2.24) is 0 Å². The molecule has 2 aromatic carbocycles. The van der Waals surface area contributed by atoms with Crippen molar-refractivity contribution in [3.05, 3.63) is 65.2 Å². The van der Waals surface area contributed by atoms with E-state index in [0.29, 0.717) is 11.4 Å². The van der Waals surface area contributed by atoms with Crippen LogP contribution >= 0.6 is 0 Å². The molecule has 1 fully saturated rings. The molecular formula is C23H32BrNO2S. The summed E-state index contributed by atoms with van der Waals surface area (Å²) in [6, 6.07) is 16.3. The van der Waals surface area contributed by atoms with Gasteiger partial charge in [0.05, 0.1) is 24.5 Å². The fraction of sp³-hybridized carbons (Fsp3) is 0.478. The first kappa shape index (κ1) is 23.1. The second-order valence-electron chi connectivity index (χ2n) is 8.11. The molecule has 0 aliphatic carbocycles. The molecule has 0 amide bonds. The standard InChI is InChI=1S/C23H32NO2S.BrH/c1-20-11-10-12-21(2)23(20)27(25,26)18-17-24(15-8-3-4-9-16-24)19-22-13-6-5-7-14-22;/h5-7,10-14H,3-4,8-9,15-19H2,1-2H3;1H/q+1;/p-1. The van der Waals surface area contributed by atoms with Crippen LogP contribution in [0.4, 0.5) is 0 Å². The van der Waals surface area contributed by atoms with Crippen LogP contribution in [0.15, 0.2) is 53.4 Å². The summed E-state index contributed by atoms with van der Waals surface area (Å²) in [7, 11) is -3.28. The van der Waals surface area contributed by atoms with Crippen molar-refractivity contribution in [3.63, 3.8) is 0 Å². The Morgan fingerprint density at radius 2 is 1.39 bits per heavy atom. The van der Waals surface area contributed by atoms with E-state index in [1.54, 1.807) is 0 Å². The quantitative estimate of drug-likeness (QED) is 0.608. The van der Waals surface area contributed by atoms with Gasteiger partial charge in [0.2, 0.25) is 0 Å². The largest absolute Gasteiger partial charge is 1.00 e. The molecule has 28 heavy (non-hydrogen) atoms. The van der Waals surface area contributed by atoms with Gasteiger partial charge in [-0.15, -0.1) is 0 Å². The van der Waals surface area contributed by atoms with Crippen LogP contribution in [0.3, 0.4) is 0 Å². The zero-order valence-electron chi connectivity index (χ0n) is 17.0. The highest BCUT2D eigenvalue weighted by Gasteiger charge is 2.32. The smallest absolute Gasteiger partial charge is 0.184 e. The second kappa shape index (κ2) is 10.0. The molecule has 0 aromatic heterocycles. The zero-order chi connectivity index (χ0) is 19.3. The topological polar surface area (TPSA) is 34.1 Å². The first-order valence-corrected chi connectivity index (χ1v) is 11.8. The van der Waals surface area contributed by atoms with Crippen molar-refractivity contribution in [3.8, 4) is 0 Å². The van der Waals surface area contributed by atoms with Crippen molar-refractivity contribution in [2.24, 2.45) is 0 Å². The Kier molecular flexibility index (Phi) is 8.29. The molecule has 2 aromatic rings. The van der Waals surface area contributed by atoms with Crippen LogP contribution < -0.4 is 17.0 Å². The number of hydrogen-bond acceptors (Lipinski definition) is 2. The summed E-state index contributed by atoms with van der Waals surface area (Å²) >= 11 is 0. The lowest BCUT2D eigenvalue weighted by molar-refractivity contribution is -0.938. The average molecular weight is 466 g/mol. The van der Waals surface area contributed by atoms with Crippen molar-refractivity contribution in [2.75, 3.05) is 25.4 Å². The van der Waals surface area contributed by atoms with Gasteiger partial charge in [-0.05, 0) is 50.7 Å². The lowest BCUT2D eigenvalue weighted by Gasteiger charge is -2.38. The fourth-order valence-electron chi connectivity index (χ4n) is 4.50. The highest BCUT2D eigenvalue weighted by atomic mass is 79.9. The minimum absolute atomic E-state index is 0. The minimum Gasteiger partial charge on any atom is -1.00 e. The molecule has 1 aliphatic rings. The molecule has 1 heterocycles. The van der Waals surface area contributed by atoms with E-state index in [2.05, 4.69) is 24.3 Å². The lowest BCUT2D eigenvalue weighted by atomic mass is 10.1. The molecule has 3 rings (SSSR count). The van der Waals surface area contributed by atoms with Crippen LogP contribution in [0.25, 0.3) is 0 Å². The molecule has 0 atom stereocenters. The summed E-state index contributed by atoms with van der Waals surface area (Å²) in [6.07, 6.45) is 4.91. The Hall–Kier alpha value is -1.17. The molecule has 154 valence electrons. The predicted octanol–water partition coefficient (Wildman–Crippen LogP) is 1.67. The van der Waals surface area contributed by atoms with E-state index < -0.39 is 9.84 Å². The van der Waals surface area contributed by atoms with Crippen LogP contribution in [0.5, 0.6) is 0 Å². The highest BCUT2D eigenvalue weighted by molar-refractivity contribution is 7.91. The Labute approximate surface area is 181 Å². The summed E-state index contributed by atoms with van der Waals surface area (Å²) in [6.45, 7) is 7.60. The van der Waals surface area contributed by atoms with Gasteiger partial charge in [0.15, 0.2) is 9.84 Å². The van der Waals surface area contributed by atoms with Gasteiger partial charge in [-0.1, -0.05) is 48.5 Å². The molecule has 0 radical (unpaired) electrons. The molecule has 0 unspecified atom stereocenters. The first-order valence-electron chi connectivity index (χ1n) is 10.1. The third-order valence-corrected chi connectivity index (χ3v) is 7.92. The number of halogens is 1. The predicted molar refractivity (Wildman–Crippen MR) is 111 cm³/mol. The van der Waals surface area contributed by atoms with E-state index in [4.69, 9.17) is 0 Å². The van der Waals surface area contributed by atoms with Gasteiger partial charge in [0.25, 0.3) is 0 Å². The number of nitrogens with zero attached hydrogens (tertiary/aromatic N) is 1. The summed E-state index contributed by atoms with van der Waals surface area (Å²) in [5.74, 6) is 0.228. The van der Waals surface area contributed by atoms with Gasteiger partial charge in [0.1, 0.15) is 12.3 Å². The Morgan fingerprint density at radius 3 is 1.96 bits per heavy atom. The lowest BCUT2D eigenvalue weighted by Crippen LogP contribution is -3.00. The van der Waals surface area contributed by atoms with E-state index >= 15 is 0 Å². The third-order valence-electron chi connectivity index (χ3n) is 5.93. The minimum atomic E-state index is -3.28. The van der Waals surface area contributed by atoms with Crippen molar-refractivity contribution >= 4 is 9.84 Å². The van der Waals surface area contributed by atoms with Gasteiger partial charge in [-0.2, -0.15) is 0 Å². The molecular weight excluding hydrogens is 434 g/mol. The van der Waals surface area contributed by atoms with Crippen LogP contribution in [0.1, 0.15) is 42.4 Å². The number of rotatable bonds is 6. The maximum Gasteiger partial charge on any atom is 0.184 e. The number of benzene rings is 2. The average Bonchev–Trinajstić information content (AvgIpc) is 2.87. The number of aryl methyl sites for hydroxylation is 2. The molecule has 1 saturated heterocycles. The van der Waals surface area contributed by atoms with Crippen molar-refractivity contribution < 1.29 is 29.9 Å². The van der Waals surface area contributed by atoms with Crippen LogP contribution in [-0.2, 0) is 16.4 Å². The molecule has 0 N–H and O–H groups in total. The van der Waals surface area contributed by atoms with E-state index in [9.17, 15) is 8.42 Å². The Bertz CT molecular complexity index is 837. The zero-order valence-corrected chi connectivity index (χ0v) is 19.4. The SMILES string of the molecule is Cc1cccc(C)c1S(=O)(=O)CC[N+]1(Cc2ccccc2)CCCCCC1.[Br-]. The maximum atomic E-state index is 13.2. The van der Waals surface area contributed by atoms with Crippen molar-refractivity contribution in [2.45, 2.75) is 51.0 Å². The highest BCUT2D eigenvalue weighted by Crippen LogP contribution is 2.25. The van der Waals surface area contributed by atoms with E-state index in [0.717, 1.165) is 35.2 Å². The number of sulfone groups is 1.